The average Bonchev–Trinajstić information content (AvgIpc) is 3.08. The maximum atomic E-state index is 13.1. The Morgan fingerprint density at radius 2 is 2.00 bits per heavy atom. The molecule has 1 unspecified atom stereocenters. The number of imidazole rings is 1. The van der Waals surface area contributed by atoms with E-state index in [-0.39, 0.29) is 5.91 Å². The Morgan fingerprint density at radius 3 is 2.68 bits per heavy atom. The number of thiazole rings is 1. The number of carbonyl (C=O) groups is 1. The van der Waals surface area contributed by atoms with Crippen LogP contribution in [-0.2, 0) is 6.54 Å². The van der Waals surface area contributed by atoms with Crippen LogP contribution < -0.4 is 0 Å². The first kappa shape index (κ1) is 18.4. The summed E-state index contributed by atoms with van der Waals surface area (Å²) in [4.78, 5) is 22.6. The number of nitrogens with zero attached hydrogens (tertiary/aromatic N) is 4. The quantitative estimate of drug-likeness (QED) is 0.886. The molecule has 0 aliphatic carbocycles. The van der Waals surface area contributed by atoms with Gasteiger partial charge in [0.1, 0.15) is 0 Å². The van der Waals surface area contributed by atoms with Crippen molar-refractivity contribution in [3.63, 3.8) is 0 Å². The summed E-state index contributed by atoms with van der Waals surface area (Å²) in [6.07, 6.45) is 7.40. The zero-order valence-electron chi connectivity index (χ0n) is 15.1. The number of rotatable bonds is 5. The van der Waals surface area contributed by atoms with Crippen molar-refractivity contribution in [3.05, 3.63) is 23.0 Å². The average molecular weight is 365 g/mol. The molecular weight excluding hydrogens is 336 g/mol. The van der Waals surface area contributed by atoms with E-state index in [0.717, 1.165) is 36.6 Å². The van der Waals surface area contributed by atoms with Crippen LogP contribution in [0.5, 0.6) is 0 Å². The van der Waals surface area contributed by atoms with Crippen LogP contribution in [-0.4, -0.2) is 63.0 Å². The molecule has 6 nitrogen and oxygen atoms in total. The predicted molar refractivity (Wildman–Crippen MR) is 100 cm³/mol. The molecule has 1 aliphatic heterocycles. The van der Waals surface area contributed by atoms with E-state index in [4.69, 9.17) is 0 Å². The molecule has 1 fully saturated rings. The second-order valence-electron chi connectivity index (χ2n) is 7.07. The highest BCUT2D eigenvalue weighted by Crippen LogP contribution is 2.21. The minimum Gasteiger partial charge on any atom is -0.392 e. The normalized spacial score (nSPS) is 17.7. The van der Waals surface area contributed by atoms with Gasteiger partial charge in [-0.05, 0) is 26.8 Å². The van der Waals surface area contributed by atoms with Gasteiger partial charge in [-0.15, -0.1) is 11.3 Å². The molecule has 0 saturated carbocycles. The van der Waals surface area contributed by atoms with E-state index in [1.165, 1.54) is 19.3 Å². The van der Waals surface area contributed by atoms with E-state index < -0.39 is 6.10 Å². The van der Waals surface area contributed by atoms with Crippen LogP contribution in [0.25, 0.3) is 4.96 Å². The summed E-state index contributed by atoms with van der Waals surface area (Å²) >= 11 is 1.55. The topological polar surface area (TPSA) is 61.1 Å². The van der Waals surface area contributed by atoms with Crippen LogP contribution in [0.4, 0.5) is 0 Å². The van der Waals surface area contributed by atoms with Crippen molar-refractivity contribution in [2.24, 2.45) is 0 Å². The molecule has 7 heteroatoms. The summed E-state index contributed by atoms with van der Waals surface area (Å²) in [5, 5.41) is 11.6. The van der Waals surface area contributed by atoms with Crippen molar-refractivity contribution in [2.75, 3.05) is 26.7 Å². The van der Waals surface area contributed by atoms with Crippen molar-refractivity contribution in [2.45, 2.75) is 51.7 Å². The molecular formula is C18H28N4O2S. The number of likely N-dealkylation sites (tertiary alicyclic amines) is 1. The largest absolute Gasteiger partial charge is 0.392 e. The van der Waals surface area contributed by atoms with Gasteiger partial charge in [0.2, 0.25) is 0 Å². The fourth-order valence-electron chi connectivity index (χ4n) is 3.53. The third-order valence-corrected chi connectivity index (χ3v) is 5.46. The fourth-order valence-corrected chi connectivity index (χ4v) is 4.26. The number of fused-ring (bicyclic) bond motifs is 1. The number of likely N-dealkylation sites (N-methyl/N-ethyl adjacent to an activating group) is 1. The van der Waals surface area contributed by atoms with Gasteiger partial charge in [-0.3, -0.25) is 14.1 Å². The highest BCUT2D eigenvalue weighted by atomic mass is 32.1. The lowest BCUT2D eigenvalue weighted by Gasteiger charge is -2.25. The van der Waals surface area contributed by atoms with E-state index in [2.05, 4.69) is 4.98 Å². The Labute approximate surface area is 153 Å². The lowest BCUT2D eigenvalue weighted by atomic mass is 10.1. The molecule has 0 bridgehead atoms. The van der Waals surface area contributed by atoms with E-state index in [9.17, 15) is 9.90 Å². The van der Waals surface area contributed by atoms with E-state index in [1.807, 2.05) is 32.8 Å². The van der Waals surface area contributed by atoms with Crippen molar-refractivity contribution >= 4 is 22.2 Å². The second-order valence-corrected chi connectivity index (χ2v) is 7.94. The van der Waals surface area contributed by atoms with E-state index in [1.54, 1.807) is 18.3 Å². The smallest absolute Gasteiger partial charge is 0.274 e. The highest BCUT2D eigenvalue weighted by molar-refractivity contribution is 7.15. The highest BCUT2D eigenvalue weighted by Gasteiger charge is 2.25. The minimum atomic E-state index is -0.399. The molecule has 1 saturated heterocycles. The molecule has 3 rings (SSSR count). The summed E-state index contributed by atoms with van der Waals surface area (Å²) in [7, 11) is 1.96. The first-order valence-corrected chi connectivity index (χ1v) is 10.0. The van der Waals surface area contributed by atoms with Crippen molar-refractivity contribution in [1.82, 2.24) is 19.2 Å². The van der Waals surface area contributed by atoms with Crippen LogP contribution in [0.15, 0.2) is 11.6 Å². The van der Waals surface area contributed by atoms with Crippen LogP contribution in [0.2, 0.25) is 0 Å². The van der Waals surface area contributed by atoms with Gasteiger partial charge in [0.15, 0.2) is 10.7 Å². The lowest BCUT2D eigenvalue weighted by Crippen LogP contribution is -2.35. The van der Waals surface area contributed by atoms with Gasteiger partial charge in [-0.2, -0.15) is 0 Å². The summed E-state index contributed by atoms with van der Waals surface area (Å²) in [5.41, 5.74) is 1.50. The van der Waals surface area contributed by atoms with E-state index >= 15 is 0 Å². The second kappa shape index (κ2) is 8.29. The number of carbonyl (C=O) groups excluding carboxylic acids is 1. The molecule has 1 N–H and O–H groups in total. The standard InChI is InChI=1S/C18H28N4O2S/c1-14(23)12-20(2)13-15-16(19-18-22(15)10-11-25-18)17(24)21-8-6-4-3-5-7-9-21/h10-11,14,23H,3-9,12-13H2,1-2H3. The number of amides is 1. The van der Waals surface area contributed by atoms with Crippen LogP contribution in [0.1, 0.15) is 55.2 Å². The monoisotopic (exact) mass is 364 g/mol. The molecule has 1 atom stereocenters. The third kappa shape index (κ3) is 4.40. The Morgan fingerprint density at radius 1 is 1.32 bits per heavy atom. The molecule has 2 aromatic heterocycles. The molecule has 3 heterocycles. The van der Waals surface area contributed by atoms with Gasteiger partial charge in [0.05, 0.1) is 11.8 Å². The number of aliphatic hydroxyl groups excluding tert-OH is 1. The predicted octanol–water partition coefficient (Wildman–Crippen LogP) is 2.61. The van der Waals surface area contributed by atoms with Gasteiger partial charge in [0, 0.05) is 37.8 Å². The zero-order chi connectivity index (χ0) is 17.8. The van der Waals surface area contributed by atoms with Crippen LogP contribution in [0, 0.1) is 0 Å². The minimum absolute atomic E-state index is 0.0539. The Balaban J connectivity index is 1.85. The molecule has 25 heavy (non-hydrogen) atoms. The first-order valence-electron chi connectivity index (χ1n) is 9.16. The van der Waals surface area contributed by atoms with Gasteiger partial charge < -0.3 is 10.0 Å². The Kier molecular flexibility index (Phi) is 6.09. The van der Waals surface area contributed by atoms with Gasteiger partial charge in [-0.25, -0.2) is 4.98 Å². The van der Waals surface area contributed by atoms with Crippen LogP contribution in [0.3, 0.4) is 0 Å². The third-order valence-electron chi connectivity index (χ3n) is 4.70. The summed E-state index contributed by atoms with van der Waals surface area (Å²) in [6, 6.07) is 0. The molecule has 1 amide bonds. The number of aliphatic hydroxyl groups is 1. The van der Waals surface area contributed by atoms with Gasteiger partial charge >= 0.3 is 0 Å². The molecule has 0 aromatic carbocycles. The first-order chi connectivity index (χ1) is 12.1. The van der Waals surface area contributed by atoms with Crippen molar-refractivity contribution in [1.29, 1.82) is 0 Å². The Hall–Kier alpha value is -1.44. The van der Waals surface area contributed by atoms with Crippen LogP contribution >= 0.6 is 11.3 Å². The SMILES string of the molecule is CC(O)CN(C)Cc1c(C(=O)N2CCCCCCC2)nc2sccn12. The lowest BCUT2D eigenvalue weighted by molar-refractivity contribution is 0.0734. The maximum absolute atomic E-state index is 13.1. The number of hydrogen-bond acceptors (Lipinski definition) is 5. The Bertz CT molecular complexity index is 701. The van der Waals surface area contributed by atoms with Gasteiger partial charge in [-0.1, -0.05) is 19.3 Å². The van der Waals surface area contributed by atoms with Crippen molar-refractivity contribution < 1.29 is 9.90 Å². The fraction of sp³-hybridized carbons (Fsp3) is 0.667. The molecule has 0 radical (unpaired) electrons. The molecule has 138 valence electrons. The van der Waals surface area contributed by atoms with E-state index in [0.29, 0.717) is 18.8 Å². The molecule has 0 spiro atoms. The number of aromatic nitrogens is 2. The summed E-state index contributed by atoms with van der Waals surface area (Å²) < 4.78 is 2.01. The molecule has 1 aliphatic rings. The van der Waals surface area contributed by atoms with Crippen molar-refractivity contribution in [3.8, 4) is 0 Å². The van der Waals surface area contributed by atoms with Gasteiger partial charge in [0.25, 0.3) is 5.91 Å². The number of hydrogen-bond donors (Lipinski definition) is 1. The molecule has 2 aromatic rings. The summed E-state index contributed by atoms with van der Waals surface area (Å²) in [5.74, 6) is 0.0539. The summed E-state index contributed by atoms with van der Waals surface area (Å²) in [6.45, 7) is 4.59. The zero-order valence-corrected chi connectivity index (χ0v) is 16.0. The maximum Gasteiger partial charge on any atom is 0.274 e.